The van der Waals surface area contributed by atoms with E-state index in [0.717, 1.165) is 49.4 Å². The lowest BCUT2D eigenvalue weighted by Crippen LogP contribution is -2.41. The van der Waals surface area contributed by atoms with E-state index in [-0.39, 0.29) is 11.9 Å². The molecule has 1 amide bonds. The predicted molar refractivity (Wildman–Crippen MR) is 125 cm³/mol. The number of hydrogen-bond acceptors (Lipinski definition) is 6. The number of likely N-dealkylation sites (tertiary alicyclic amines) is 1. The fraction of sp³-hybridized carbons (Fsp3) is 0.417. The summed E-state index contributed by atoms with van der Waals surface area (Å²) >= 11 is 1.31. The van der Waals surface area contributed by atoms with E-state index in [4.69, 9.17) is 8.60 Å². The van der Waals surface area contributed by atoms with Gasteiger partial charge >= 0.3 is 5.76 Å². The molecular weight excluding hydrogens is 426 g/mol. The van der Waals surface area contributed by atoms with Crippen LogP contribution >= 0.6 is 12.0 Å². The molecule has 0 spiro atoms. The lowest BCUT2D eigenvalue weighted by molar-refractivity contribution is -0.124. The maximum absolute atomic E-state index is 13.6. The molecule has 2 N–H and O–H groups in total. The van der Waals surface area contributed by atoms with Crippen LogP contribution in [0.1, 0.15) is 42.9 Å². The summed E-state index contributed by atoms with van der Waals surface area (Å²) in [5.74, 6) is 0.332. The van der Waals surface area contributed by atoms with Gasteiger partial charge in [-0.05, 0) is 74.2 Å². The number of carbonyl (C=O) groups excluding carboxylic acids is 1. The van der Waals surface area contributed by atoms with Gasteiger partial charge in [-0.15, -0.1) is 0 Å². The van der Waals surface area contributed by atoms with Gasteiger partial charge in [0, 0.05) is 12.8 Å². The van der Waals surface area contributed by atoms with Crippen molar-refractivity contribution in [3.63, 3.8) is 0 Å². The van der Waals surface area contributed by atoms with Crippen LogP contribution in [0.15, 0.2) is 51.7 Å². The number of nitrogens with zero attached hydrogens (tertiary/aromatic N) is 1. The van der Waals surface area contributed by atoms with E-state index >= 15 is 0 Å². The molecular formula is C24H27N3O4S. The Morgan fingerprint density at radius 2 is 2.06 bits per heavy atom. The summed E-state index contributed by atoms with van der Waals surface area (Å²) in [5.41, 5.74) is 2.54. The molecule has 2 aliphatic rings. The van der Waals surface area contributed by atoms with Gasteiger partial charge < -0.3 is 18.8 Å². The van der Waals surface area contributed by atoms with Crippen molar-refractivity contribution in [2.24, 2.45) is 0 Å². The molecule has 1 aromatic heterocycles. The quantitative estimate of drug-likeness (QED) is 0.505. The second-order valence-electron chi connectivity index (χ2n) is 8.66. The number of amides is 1. The van der Waals surface area contributed by atoms with E-state index in [1.165, 1.54) is 24.9 Å². The van der Waals surface area contributed by atoms with E-state index in [1.54, 1.807) is 6.07 Å². The largest absolute Gasteiger partial charge is 0.426 e. The summed E-state index contributed by atoms with van der Waals surface area (Å²) in [5, 5.41) is 3.35. The Hall–Kier alpha value is -2.71. The Morgan fingerprint density at radius 1 is 1.25 bits per heavy atom. The lowest BCUT2D eigenvalue weighted by Gasteiger charge is -2.27. The van der Waals surface area contributed by atoms with Crippen molar-refractivity contribution in [3.8, 4) is 5.75 Å². The first-order valence-electron chi connectivity index (χ1n) is 11.0. The molecule has 32 heavy (non-hydrogen) atoms. The second-order valence-corrected chi connectivity index (χ2v) is 9.16. The topological polar surface area (TPSA) is 87.6 Å². The zero-order valence-corrected chi connectivity index (χ0v) is 18.9. The zero-order valence-electron chi connectivity index (χ0n) is 18.1. The molecule has 168 valence electrons. The number of carbonyl (C=O) groups is 1. The van der Waals surface area contributed by atoms with Crippen LogP contribution < -0.4 is 15.3 Å². The minimum Gasteiger partial charge on any atom is -0.426 e. The smallest absolute Gasteiger partial charge is 0.417 e. The summed E-state index contributed by atoms with van der Waals surface area (Å²) < 4.78 is 10.7. The van der Waals surface area contributed by atoms with Crippen molar-refractivity contribution in [1.29, 1.82) is 0 Å². The maximum atomic E-state index is 13.6. The molecule has 8 heteroatoms. The van der Waals surface area contributed by atoms with Gasteiger partial charge in [0.05, 0.1) is 29.0 Å². The first-order valence-corrected chi connectivity index (χ1v) is 12.2. The number of nitrogens with one attached hydrogen (secondary N) is 2. The number of aromatic nitrogens is 1. The molecule has 3 aromatic rings. The molecule has 2 fully saturated rings. The Labute approximate surface area is 190 Å². The fourth-order valence-corrected chi connectivity index (χ4v) is 4.95. The van der Waals surface area contributed by atoms with Crippen molar-refractivity contribution < 1.29 is 13.4 Å². The molecule has 1 aliphatic heterocycles. The average molecular weight is 454 g/mol. The first kappa shape index (κ1) is 21.2. The molecule has 0 radical (unpaired) electrons. The van der Waals surface area contributed by atoms with Crippen molar-refractivity contribution in [2.75, 3.05) is 25.9 Å². The average Bonchev–Trinajstić information content (AvgIpc) is 3.27. The fourth-order valence-electron chi connectivity index (χ4n) is 4.66. The number of oxazole rings is 1. The predicted octanol–water partition coefficient (Wildman–Crippen LogP) is 3.76. The monoisotopic (exact) mass is 453 g/mol. The van der Waals surface area contributed by atoms with Gasteiger partial charge in [-0.2, -0.15) is 0 Å². The Morgan fingerprint density at radius 3 is 2.81 bits per heavy atom. The Bertz CT molecular complexity index is 1180. The summed E-state index contributed by atoms with van der Waals surface area (Å²) in [4.78, 5) is 30.2. The van der Waals surface area contributed by atoms with Crippen LogP contribution in [-0.4, -0.2) is 41.7 Å². The van der Waals surface area contributed by atoms with Crippen LogP contribution in [0, 0.1) is 0 Å². The normalized spacial score (nSPS) is 18.5. The summed E-state index contributed by atoms with van der Waals surface area (Å²) in [6.07, 6.45) is 5.86. The highest BCUT2D eigenvalue weighted by atomic mass is 32.2. The number of hydrogen-bond donors (Lipinski definition) is 2. The number of rotatable bonds is 8. The van der Waals surface area contributed by atoms with Crippen molar-refractivity contribution >= 4 is 29.0 Å². The Kier molecular flexibility index (Phi) is 5.73. The van der Waals surface area contributed by atoms with E-state index < -0.39 is 11.2 Å². The molecule has 2 aromatic carbocycles. The summed E-state index contributed by atoms with van der Waals surface area (Å²) in [7, 11) is 0. The standard InChI is InChI=1S/C24H27N3O4S/c1-32-31-18-6-4-5-16(13-18)20(15-27-11-2-3-12-27)25-22(28)24(9-10-24)17-7-8-21-19(14-17)26-23(29)30-21/h4-8,13-14,20H,2-3,9-12,15H2,1H3,(H,25,28)(H,26,29)/t20-/m1/s1. The van der Waals surface area contributed by atoms with E-state index in [1.807, 2.05) is 36.6 Å². The molecule has 0 bridgehead atoms. The number of H-pyrrole nitrogens is 1. The Balaban J connectivity index is 1.41. The number of aromatic amines is 1. The number of fused-ring (bicyclic) bond motifs is 1. The van der Waals surface area contributed by atoms with Crippen LogP contribution in [0.2, 0.25) is 0 Å². The van der Waals surface area contributed by atoms with E-state index in [2.05, 4.69) is 21.3 Å². The maximum Gasteiger partial charge on any atom is 0.417 e. The van der Waals surface area contributed by atoms with Gasteiger partial charge in [-0.3, -0.25) is 9.78 Å². The molecule has 5 rings (SSSR count). The van der Waals surface area contributed by atoms with Crippen LogP contribution in [0.5, 0.6) is 5.75 Å². The third-order valence-corrected chi connectivity index (χ3v) is 6.90. The van der Waals surface area contributed by atoms with Gasteiger partial charge in [0.15, 0.2) is 5.58 Å². The van der Waals surface area contributed by atoms with E-state index in [9.17, 15) is 9.59 Å². The van der Waals surface area contributed by atoms with Crippen LogP contribution in [0.3, 0.4) is 0 Å². The SMILES string of the molecule is CSOc1cccc([C@@H](CN2CCCC2)NC(=O)C2(c3ccc4oc(=O)[nH]c4c3)CC2)c1. The highest BCUT2D eigenvalue weighted by Crippen LogP contribution is 2.49. The highest BCUT2D eigenvalue weighted by Gasteiger charge is 2.52. The second kappa shape index (κ2) is 8.67. The molecule has 2 heterocycles. The molecule has 1 saturated heterocycles. The summed E-state index contributed by atoms with van der Waals surface area (Å²) in [6.45, 7) is 2.89. The molecule has 1 atom stereocenters. The van der Waals surface area contributed by atoms with Gasteiger partial charge in [-0.25, -0.2) is 4.79 Å². The highest BCUT2D eigenvalue weighted by molar-refractivity contribution is 7.94. The van der Waals surface area contributed by atoms with Crippen molar-refractivity contribution in [3.05, 3.63) is 64.1 Å². The minimum absolute atomic E-state index is 0.0306. The van der Waals surface area contributed by atoms with E-state index in [0.29, 0.717) is 11.1 Å². The van der Waals surface area contributed by atoms with Gasteiger partial charge in [0.1, 0.15) is 5.75 Å². The zero-order chi connectivity index (χ0) is 22.1. The van der Waals surface area contributed by atoms with Gasteiger partial charge in [0.2, 0.25) is 5.91 Å². The van der Waals surface area contributed by atoms with Crippen molar-refractivity contribution in [1.82, 2.24) is 15.2 Å². The minimum atomic E-state index is -0.557. The number of benzene rings is 2. The molecule has 1 aliphatic carbocycles. The van der Waals surface area contributed by atoms with Crippen LogP contribution in [0.4, 0.5) is 0 Å². The first-order chi connectivity index (χ1) is 15.6. The van der Waals surface area contributed by atoms with Crippen LogP contribution in [-0.2, 0) is 10.2 Å². The van der Waals surface area contributed by atoms with Crippen molar-refractivity contribution in [2.45, 2.75) is 37.1 Å². The molecule has 7 nitrogen and oxygen atoms in total. The van der Waals surface area contributed by atoms with Gasteiger partial charge in [-0.1, -0.05) is 18.2 Å². The van der Waals surface area contributed by atoms with Gasteiger partial charge in [0.25, 0.3) is 0 Å². The van der Waals surface area contributed by atoms with Crippen LogP contribution in [0.25, 0.3) is 11.1 Å². The third-order valence-electron chi connectivity index (χ3n) is 6.54. The lowest BCUT2D eigenvalue weighted by atomic mass is 9.93. The summed E-state index contributed by atoms with van der Waals surface area (Å²) in [6, 6.07) is 13.4. The third kappa shape index (κ3) is 4.17. The molecule has 0 unspecified atom stereocenters. The molecule has 1 saturated carbocycles.